The molecule has 0 radical (unpaired) electrons. The number of halogens is 1. The second-order valence-electron chi connectivity index (χ2n) is 3.84. The molecule has 0 unspecified atom stereocenters. The summed E-state index contributed by atoms with van der Waals surface area (Å²) in [6.07, 6.45) is 8.42. The van der Waals surface area contributed by atoms with Gasteiger partial charge in [-0.15, -0.1) is 11.8 Å². The van der Waals surface area contributed by atoms with E-state index >= 15 is 0 Å². The number of rotatable bonds is 3. The lowest BCUT2D eigenvalue weighted by Crippen LogP contribution is -3.00. The lowest BCUT2D eigenvalue weighted by molar-refractivity contribution is -0.673. The summed E-state index contributed by atoms with van der Waals surface area (Å²) in [7, 11) is 2.05. The van der Waals surface area contributed by atoms with Crippen LogP contribution in [0, 0.1) is 0 Å². The van der Waals surface area contributed by atoms with Gasteiger partial charge in [0.2, 0.25) is 5.69 Å². The van der Waals surface area contributed by atoms with Gasteiger partial charge < -0.3 is 24.0 Å². The van der Waals surface area contributed by atoms with Crippen molar-refractivity contribution in [3.63, 3.8) is 0 Å². The molecule has 18 heavy (non-hydrogen) atoms. The van der Waals surface area contributed by atoms with Gasteiger partial charge >= 0.3 is 0 Å². The zero-order valence-corrected chi connectivity index (χ0v) is 13.5. The van der Waals surface area contributed by atoms with Crippen LogP contribution in [0.5, 0.6) is 0 Å². The Morgan fingerprint density at radius 1 is 1.00 bits per heavy atom. The van der Waals surface area contributed by atoms with Crippen LogP contribution in [0.25, 0.3) is 12.2 Å². The van der Waals surface area contributed by atoms with Crippen molar-refractivity contribution >= 4 is 23.9 Å². The molecule has 0 amide bonds. The predicted molar refractivity (Wildman–Crippen MR) is 74.8 cm³/mol. The number of nitrogens with zero attached hydrogens (tertiary/aromatic N) is 1. The molecule has 94 valence electrons. The van der Waals surface area contributed by atoms with Crippen molar-refractivity contribution in [1.29, 1.82) is 0 Å². The maximum Gasteiger partial charge on any atom is 0.204 e. The maximum atomic E-state index is 2.15. The van der Waals surface area contributed by atoms with E-state index in [0.717, 1.165) is 0 Å². The monoisotopic (exact) mass is 369 g/mol. The van der Waals surface area contributed by atoms with Crippen LogP contribution >= 0.6 is 11.8 Å². The molecule has 1 aromatic heterocycles. The Morgan fingerprint density at radius 2 is 1.72 bits per heavy atom. The average molecular weight is 369 g/mol. The van der Waals surface area contributed by atoms with Gasteiger partial charge in [0.25, 0.3) is 0 Å². The van der Waals surface area contributed by atoms with Crippen molar-refractivity contribution in [3.05, 3.63) is 59.9 Å². The average Bonchev–Trinajstić information content (AvgIpc) is 2.38. The minimum Gasteiger partial charge on any atom is -1.00 e. The molecule has 0 fully saturated rings. The van der Waals surface area contributed by atoms with Gasteiger partial charge in [-0.05, 0) is 36.1 Å². The summed E-state index contributed by atoms with van der Waals surface area (Å²) in [6, 6.07) is 14.8. The number of aryl methyl sites for hydroxylation is 1. The first-order valence-corrected chi connectivity index (χ1v) is 6.79. The number of aromatic nitrogens is 1. The van der Waals surface area contributed by atoms with Crippen molar-refractivity contribution in [2.45, 2.75) is 4.90 Å². The molecule has 0 saturated carbocycles. The molecular weight excluding hydrogens is 353 g/mol. The highest BCUT2D eigenvalue weighted by Gasteiger charge is 1.98. The predicted octanol–water partition coefficient (Wildman–Crippen LogP) is 0.407. The van der Waals surface area contributed by atoms with Crippen LogP contribution in [0.3, 0.4) is 0 Å². The standard InChI is InChI=1S/C15H16NS.HI/c1-16-12-4-3-5-14(16)9-6-13-7-10-15(17-2)11-8-13;/h3-12H,1-2H3;1H/q+1;/p-1. The van der Waals surface area contributed by atoms with Gasteiger partial charge in [0.1, 0.15) is 7.05 Å². The summed E-state index contributed by atoms with van der Waals surface area (Å²) in [6.45, 7) is 0. The summed E-state index contributed by atoms with van der Waals surface area (Å²) >= 11 is 1.77. The molecule has 1 aromatic carbocycles. The van der Waals surface area contributed by atoms with E-state index in [1.807, 2.05) is 6.07 Å². The molecule has 0 aliphatic heterocycles. The zero-order valence-electron chi connectivity index (χ0n) is 10.5. The minimum absolute atomic E-state index is 0. The van der Waals surface area contributed by atoms with E-state index in [9.17, 15) is 0 Å². The zero-order chi connectivity index (χ0) is 12.1. The highest BCUT2D eigenvalue weighted by Crippen LogP contribution is 2.15. The van der Waals surface area contributed by atoms with Gasteiger partial charge in [-0.3, -0.25) is 0 Å². The third-order valence-electron chi connectivity index (χ3n) is 2.66. The quantitative estimate of drug-likeness (QED) is 0.431. The largest absolute Gasteiger partial charge is 1.00 e. The molecule has 0 aliphatic rings. The lowest BCUT2D eigenvalue weighted by Gasteiger charge is -1.97. The van der Waals surface area contributed by atoms with E-state index in [2.05, 4.69) is 72.6 Å². The first-order chi connectivity index (χ1) is 8.29. The summed E-state index contributed by atoms with van der Waals surface area (Å²) in [5.41, 5.74) is 2.42. The van der Waals surface area contributed by atoms with E-state index in [1.165, 1.54) is 16.2 Å². The molecule has 3 heteroatoms. The van der Waals surface area contributed by atoms with Gasteiger partial charge in [-0.1, -0.05) is 12.1 Å². The summed E-state index contributed by atoms with van der Waals surface area (Å²) < 4.78 is 2.10. The van der Waals surface area contributed by atoms with Gasteiger partial charge in [-0.2, -0.15) is 0 Å². The van der Waals surface area contributed by atoms with Crippen molar-refractivity contribution in [2.75, 3.05) is 6.26 Å². The van der Waals surface area contributed by atoms with Crippen LogP contribution in [-0.2, 0) is 7.05 Å². The third-order valence-corrected chi connectivity index (χ3v) is 3.40. The molecule has 0 saturated heterocycles. The lowest BCUT2D eigenvalue weighted by atomic mass is 10.2. The van der Waals surface area contributed by atoms with Gasteiger partial charge in [0.05, 0.1) is 0 Å². The smallest absolute Gasteiger partial charge is 0.204 e. The summed E-state index contributed by atoms with van der Waals surface area (Å²) in [5.74, 6) is 0. The fourth-order valence-electron chi connectivity index (χ4n) is 1.61. The molecule has 0 bridgehead atoms. The number of thioether (sulfide) groups is 1. The Morgan fingerprint density at radius 3 is 2.33 bits per heavy atom. The maximum absolute atomic E-state index is 2.15. The van der Waals surface area contributed by atoms with Crippen LogP contribution in [0.2, 0.25) is 0 Å². The SMILES string of the molecule is CSc1ccc(C=Cc2cccc[n+]2C)cc1.[I-]. The van der Waals surface area contributed by atoms with Crippen LogP contribution < -0.4 is 28.5 Å². The number of hydrogen-bond donors (Lipinski definition) is 0. The molecule has 0 aliphatic carbocycles. The second kappa shape index (κ2) is 7.59. The summed E-state index contributed by atoms with van der Waals surface area (Å²) in [4.78, 5) is 1.30. The normalized spacial score (nSPS) is 10.3. The Balaban J connectivity index is 0.00000162. The van der Waals surface area contributed by atoms with Crippen LogP contribution in [0.1, 0.15) is 11.3 Å². The first-order valence-electron chi connectivity index (χ1n) is 5.56. The Bertz CT molecular complexity index is 520. The van der Waals surface area contributed by atoms with Crippen molar-refractivity contribution in [1.82, 2.24) is 0 Å². The van der Waals surface area contributed by atoms with E-state index < -0.39 is 0 Å². The highest BCUT2D eigenvalue weighted by molar-refractivity contribution is 7.98. The molecule has 2 aromatic rings. The second-order valence-corrected chi connectivity index (χ2v) is 4.72. The minimum atomic E-state index is 0. The number of hydrogen-bond acceptors (Lipinski definition) is 1. The molecule has 2 rings (SSSR count). The van der Waals surface area contributed by atoms with Gasteiger partial charge in [0, 0.05) is 23.1 Å². The molecule has 0 N–H and O–H groups in total. The van der Waals surface area contributed by atoms with E-state index in [-0.39, 0.29) is 24.0 Å². The molecule has 0 atom stereocenters. The number of pyridine rings is 1. The molecule has 0 spiro atoms. The fraction of sp³-hybridized carbons (Fsp3) is 0.133. The van der Waals surface area contributed by atoms with Crippen molar-refractivity contribution < 1.29 is 28.5 Å². The van der Waals surface area contributed by atoms with E-state index in [1.54, 1.807) is 11.8 Å². The van der Waals surface area contributed by atoms with Crippen molar-refractivity contribution in [2.24, 2.45) is 7.05 Å². The molecule has 1 nitrogen and oxygen atoms in total. The third kappa shape index (κ3) is 4.14. The Kier molecular flexibility index (Phi) is 6.43. The summed E-state index contributed by atoms with van der Waals surface area (Å²) in [5, 5.41) is 0. The van der Waals surface area contributed by atoms with Crippen LogP contribution in [0.15, 0.2) is 53.6 Å². The Hall–Kier alpha value is -0.810. The van der Waals surface area contributed by atoms with Gasteiger partial charge in [-0.25, -0.2) is 4.57 Å². The molecular formula is C15H16INS. The van der Waals surface area contributed by atoms with E-state index in [4.69, 9.17) is 0 Å². The molecule has 1 heterocycles. The number of benzene rings is 1. The van der Waals surface area contributed by atoms with E-state index in [0.29, 0.717) is 0 Å². The topological polar surface area (TPSA) is 3.88 Å². The van der Waals surface area contributed by atoms with Gasteiger partial charge in [0.15, 0.2) is 6.20 Å². The van der Waals surface area contributed by atoms with Crippen LogP contribution in [-0.4, -0.2) is 6.26 Å². The highest BCUT2D eigenvalue weighted by atomic mass is 127. The van der Waals surface area contributed by atoms with Crippen LogP contribution in [0.4, 0.5) is 0 Å². The first kappa shape index (κ1) is 15.2. The fourth-order valence-corrected chi connectivity index (χ4v) is 2.01. The Labute approximate surface area is 130 Å². The van der Waals surface area contributed by atoms with Crippen molar-refractivity contribution in [3.8, 4) is 0 Å².